The molecule has 8 heteroatoms. The lowest BCUT2D eigenvalue weighted by Crippen LogP contribution is -2.31. The number of hydrogen-bond acceptors (Lipinski definition) is 5. The van der Waals surface area contributed by atoms with Crippen molar-refractivity contribution in [3.05, 3.63) is 48.0 Å². The quantitative estimate of drug-likeness (QED) is 0.147. The van der Waals surface area contributed by atoms with E-state index in [0.29, 0.717) is 38.9 Å². The summed E-state index contributed by atoms with van der Waals surface area (Å²) in [5.41, 5.74) is 1.02. The fourth-order valence-corrected chi connectivity index (χ4v) is 5.71. The topological polar surface area (TPSA) is 82.1 Å². The van der Waals surface area contributed by atoms with Gasteiger partial charge in [0.15, 0.2) is 6.29 Å². The molecule has 0 amide bonds. The minimum Gasteiger partial charge on any atom is -0.481 e. The van der Waals surface area contributed by atoms with Crippen molar-refractivity contribution in [3.8, 4) is 0 Å². The highest BCUT2D eigenvalue weighted by molar-refractivity contribution is 5.95. The van der Waals surface area contributed by atoms with Crippen LogP contribution in [0.2, 0.25) is 0 Å². The van der Waals surface area contributed by atoms with E-state index in [4.69, 9.17) is 19.3 Å². The van der Waals surface area contributed by atoms with Gasteiger partial charge in [0, 0.05) is 31.8 Å². The van der Waals surface area contributed by atoms with E-state index in [1.165, 1.54) is 0 Å². The average Bonchev–Trinajstić information content (AvgIpc) is 3.27. The molecule has 6 nitrogen and oxygen atoms in total. The standard InChI is InChI=1S/C32H46F2O6/c1-2-3-20-32(33,34)29(35)19-18-26-25(15-9-4-5-10-16-30(36)37)28(40-31-17-11-12-21-38-31)22-27(26)39-23-24-13-7-6-8-14-24/h6-8,13-14,18-19,25-28,31H,2-5,9-12,15-17,20-23H2,1H3,(H,36,37)/b19-18+/t25-,26-,27-,28+,31?/m1/s1. The zero-order valence-corrected chi connectivity index (χ0v) is 23.8. The maximum absolute atomic E-state index is 14.5. The molecule has 1 unspecified atom stereocenters. The van der Waals surface area contributed by atoms with E-state index >= 15 is 0 Å². The molecule has 1 saturated heterocycles. The van der Waals surface area contributed by atoms with Crippen LogP contribution < -0.4 is 0 Å². The summed E-state index contributed by atoms with van der Waals surface area (Å²) in [5.74, 6) is -5.62. The van der Waals surface area contributed by atoms with E-state index < -0.39 is 24.1 Å². The molecule has 1 aromatic rings. The van der Waals surface area contributed by atoms with Gasteiger partial charge in [0.05, 0.1) is 18.8 Å². The lowest BCUT2D eigenvalue weighted by atomic mass is 9.87. The zero-order valence-electron chi connectivity index (χ0n) is 23.8. The van der Waals surface area contributed by atoms with Gasteiger partial charge >= 0.3 is 11.9 Å². The lowest BCUT2D eigenvalue weighted by molar-refractivity contribution is -0.196. The Morgan fingerprint density at radius 3 is 2.55 bits per heavy atom. The second kappa shape index (κ2) is 16.9. The van der Waals surface area contributed by atoms with Crippen molar-refractivity contribution in [1.82, 2.24) is 0 Å². The van der Waals surface area contributed by atoms with Gasteiger partial charge in [-0.3, -0.25) is 9.59 Å². The first kappa shape index (κ1) is 32.4. The van der Waals surface area contributed by atoms with Crippen molar-refractivity contribution in [3.63, 3.8) is 0 Å². The predicted molar refractivity (Wildman–Crippen MR) is 149 cm³/mol. The Morgan fingerprint density at radius 2 is 1.85 bits per heavy atom. The molecule has 5 atom stereocenters. The molecule has 1 aliphatic heterocycles. The average molecular weight is 565 g/mol. The summed E-state index contributed by atoms with van der Waals surface area (Å²) >= 11 is 0. The predicted octanol–water partition coefficient (Wildman–Crippen LogP) is 7.50. The number of halogens is 2. The number of alkyl halides is 2. The Hall–Kier alpha value is -2.16. The maximum atomic E-state index is 14.5. The van der Waals surface area contributed by atoms with Crippen molar-refractivity contribution in [2.24, 2.45) is 11.8 Å². The normalized spacial score (nSPS) is 25.4. The number of hydrogen-bond donors (Lipinski definition) is 1. The summed E-state index contributed by atoms with van der Waals surface area (Å²) in [6.07, 6.45) is 9.91. The highest BCUT2D eigenvalue weighted by Crippen LogP contribution is 2.42. The van der Waals surface area contributed by atoms with Crippen molar-refractivity contribution in [2.75, 3.05) is 6.61 Å². The Bertz CT molecular complexity index is 915. The van der Waals surface area contributed by atoms with Crippen molar-refractivity contribution in [2.45, 2.75) is 121 Å². The van der Waals surface area contributed by atoms with E-state index in [-0.39, 0.29) is 36.8 Å². The van der Waals surface area contributed by atoms with Gasteiger partial charge < -0.3 is 19.3 Å². The number of carboxylic acid groups (broad SMARTS) is 1. The monoisotopic (exact) mass is 564 g/mol. The fraction of sp³-hybridized carbons (Fsp3) is 0.688. The minimum absolute atomic E-state index is 0.0286. The molecule has 0 bridgehead atoms. The molecule has 0 radical (unpaired) electrons. The van der Waals surface area contributed by atoms with Crippen LogP contribution >= 0.6 is 0 Å². The number of rotatable bonds is 18. The molecule has 2 aliphatic rings. The third-order valence-electron chi connectivity index (χ3n) is 7.99. The Labute approximate surface area is 237 Å². The molecule has 1 aliphatic carbocycles. The summed E-state index contributed by atoms with van der Waals surface area (Å²) in [4.78, 5) is 23.4. The first-order valence-corrected chi connectivity index (χ1v) is 15.0. The summed E-state index contributed by atoms with van der Waals surface area (Å²) < 4.78 is 47.7. The zero-order chi connectivity index (χ0) is 28.8. The van der Waals surface area contributed by atoms with Crippen LogP contribution in [0, 0.1) is 11.8 Å². The van der Waals surface area contributed by atoms with Gasteiger partial charge in [0.25, 0.3) is 0 Å². The summed E-state index contributed by atoms with van der Waals surface area (Å²) in [6, 6.07) is 9.80. The molecular weight excluding hydrogens is 518 g/mol. The number of unbranched alkanes of at least 4 members (excludes halogenated alkanes) is 4. The summed E-state index contributed by atoms with van der Waals surface area (Å²) in [7, 11) is 0. The Morgan fingerprint density at radius 1 is 1.07 bits per heavy atom. The van der Waals surface area contributed by atoms with E-state index in [2.05, 4.69) is 0 Å². The van der Waals surface area contributed by atoms with Crippen molar-refractivity contribution in [1.29, 1.82) is 0 Å². The number of ketones is 1. The molecule has 1 saturated carbocycles. The first-order chi connectivity index (χ1) is 19.3. The molecule has 3 rings (SSSR count). The minimum atomic E-state index is -3.38. The van der Waals surface area contributed by atoms with E-state index in [1.54, 1.807) is 6.08 Å². The van der Waals surface area contributed by atoms with Crippen LogP contribution in [0.4, 0.5) is 8.78 Å². The number of allylic oxidation sites excluding steroid dienone is 1. The number of benzene rings is 1. The third-order valence-corrected chi connectivity index (χ3v) is 7.99. The lowest BCUT2D eigenvalue weighted by Gasteiger charge is -2.30. The van der Waals surface area contributed by atoms with Gasteiger partial charge in [0.1, 0.15) is 0 Å². The Balaban J connectivity index is 1.76. The van der Waals surface area contributed by atoms with Crippen LogP contribution in [0.15, 0.2) is 42.5 Å². The van der Waals surface area contributed by atoms with E-state index in [1.807, 2.05) is 37.3 Å². The van der Waals surface area contributed by atoms with Crippen molar-refractivity contribution >= 4 is 11.8 Å². The van der Waals surface area contributed by atoms with Crippen molar-refractivity contribution < 1.29 is 37.7 Å². The Kier molecular flexibility index (Phi) is 13.7. The highest BCUT2D eigenvalue weighted by Gasteiger charge is 2.45. The summed E-state index contributed by atoms with van der Waals surface area (Å²) in [6.45, 7) is 2.86. The van der Waals surface area contributed by atoms with Crippen LogP contribution in [0.1, 0.15) is 96.0 Å². The van der Waals surface area contributed by atoms with E-state index in [9.17, 15) is 18.4 Å². The molecule has 1 N–H and O–H groups in total. The van der Waals surface area contributed by atoms with Crippen LogP contribution in [-0.2, 0) is 30.4 Å². The van der Waals surface area contributed by atoms with Crippen LogP contribution in [0.25, 0.3) is 0 Å². The maximum Gasteiger partial charge on any atom is 0.309 e. The van der Waals surface area contributed by atoms with Gasteiger partial charge in [-0.25, -0.2) is 0 Å². The van der Waals surface area contributed by atoms with Crippen LogP contribution in [-0.4, -0.2) is 47.9 Å². The van der Waals surface area contributed by atoms with Gasteiger partial charge in [0.2, 0.25) is 5.78 Å². The number of carboxylic acids is 1. The molecule has 0 spiro atoms. The summed E-state index contributed by atoms with van der Waals surface area (Å²) in [5, 5.41) is 8.91. The molecular formula is C32H46F2O6. The number of carbonyl (C=O) groups is 2. The number of ether oxygens (including phenoxy) is 3. The van der Waals surface area contributed by atoms with Gasteiger partial charge in [-0.15, -0.1) is 0 Å². The third kappa shape index (κ3) is 10.7. The molecule has 2 fully saturated rings. The number of aliphatic carboxylic acids is 1. The molecule has 0 aromatic heterocycles. The number of carbonyl (C=O) groups excluding carboxylic acids is 1. The van der Waals surface area contributed by atoms with Crippen LogP contribution in [0.3, 0.4) is 0 Å². The smallest absolute Gasteiger partial charge is 0.309 e. The SMILES string of the molecule is CCCCC(F)(F)C(=O)/C=C/[C@@H]1[C@@H](CCCCCCC(=O)O)[C@@H](OC2CCCCO2)C[C@H]1OCc1ccccc1. The van der Waals surface area contributed by atoms with Gasteiger partial charge in [-0.1, -0.05) is 69.0 Å². The van der Waals surface area contributed by atoms with Crippen LogP contribution in [0.5, 0.6) is 0 Å². The van der Waals surface area contributed by atoms with E-state index in [0.717, 1.165) is 56.6 Å². The highest BCUT2D eigenvalue weighted by atomic mass is 19.3. The molecule has 224 valence electrons. The van der Waals surface area contributed by atoms with Gasteiger partial charge in [-0.05, 0) is 56.1 Å². The van der Waals surface area contributed by atoms with Gasteiger partial charge in [-0.2, -0.15) is 8.78 Å². The second-order valence-electron chi connectivity index (χ2n) is 11.2. The fourth-order valence-electron chi connectivity index (χ4n) is 5.71. The first-order valence-electron chi connectivity index (χ1n) is 15.0. The molecule has 1 heterocycles. The largest absolute Gasteiger partial charge is 0.481 e. The second-order valence-corrected chi connectivity index (χ2v) is 11.2. The molecule has 1 aromatic carbocycles. The molecule has 40 heavy (non-hydrogen) atoms.